The van der Waals surface area contributed by atoms with Gasteiger partial charge in [-0.05, 0) is 66.8 Å². The van der Waals surface area contributed by atoms with Crippen LogP contribution in [-0.4, -0.2) is 43.0 Å². The summed E-state index contributed by atoms with van der Waals surface area (Å²) in [6.45, 7) is 2.51. The molecule has 1 saturated heterocycles. The van der Waals surface area contributed by atoms with Crippen LogP contribution in [-0.2, 0) is 17.8 Å². The third-order valence-corrected chi connectivity index (χ3v) is 6.40. The smallest absolute Gasteiger partial charge is 0.227 e. The van der Waals surface area contributed by atoms with E-state index in [0.29, 0.717) is 0 Å². The number of nitrogens with one attached hydrogen (secondary N) is 1. The Morgan fingerprint density at radius 2 is 1.78 bits per heavy atom. The molecule has 2 aromatic carbocycles. The van der Waals surface area contributed by atoms with Crippen molar-refractivity contribution in [1.29, 1.82) is 0 Å². The van der Waals surface area contributed by atoms with Gasteiger partial charge in [0.2, 0.25) is 5.91 Å². The van der Waals surface area contributed by atoms with Gasteiger partial charge in [-0.25, -0.2) is 0 Å². The number of ether oxygens (including phenoxy) is 1. The molecule has 0 radical (unpaired) electrons. The van der Waals surface area contributed by atoms with Crippen LogP contribution in [0.2, 0.25) is 0 Å². The van der Waals surface area contributed by atoms with Crippen molar-refractivity contribution in [2.45, 2.75) is 25.8 Å². The quantitative estimate of drug-likeness (QED) is 0.607. The molecule has 3 aromatic rings. The van der Waals surface area contributed by atoms with E-state index in [9.17, 15) is 4.79 Å². The standard InChI is InChI=1S/C27H31N3O2/c1-28-26(31)27(15-5-17-30(20-27)19-24-6-3-4-16-29-24)18-21-7-9-22(10-8-21)23-11-13-25(32-2)14-12-23/h3-4,6-14,16H,5,15,17-20H2,1-2H3,(H,28,31)/t27-/m0/s1. The van der Waals surface area contributed by atoms with E-state index in [1.165, 1.54) is 5.56 Å². The number of amides is 1. The summed E-state index contributed by atoms with van der Waals surface area (Å²) >= 11 is 0. The van der Waals surface area contributed by atoms with Crippen LogP contribution in [0.3, 0.4) is 0 Å². The van der Waals surface area contributed by atoms with E-state index in [1.54, 1.807) is 14.2 Å². The lowest BCUT2D eigenvalue weighted by atomic mass is 9.74. The largest absolute Gasteiger partial charge is 0.497 e. The van der Waals surface area contributed by atoms with Gasteiger partial charge in [0.15, 0.2) is 0 Å². The summed E-state index contributed by atoms with van der Waals surface area (Å²) in [5.41, 5.74) is 4.11. The Morgan fingerprint density at radius 1 is 1.06 bits per heavy atom. The van der Waals surface area contributed by atoms with E-state index in [4.69, 9.17) is 4.74 Å². The zero-order chi connectivity index (χ0) is 22.4. The van der Waals surface area contributed by atoms with Crippen LogP contribution >= 0.6 is 0 Å². The molecule has 1 amide bonds. The zero-order valence-electron chi connectivity index (χ0n) is 18.9. The first-order valence-electron chi connectivity index (χ1n) is 11.2. The first-order chi connectivity index (χ1) is 15.6. The molecular weight excluding hydrogens is 398 g/mol. The summed E-state index contributed by atoms with van der Waals surface area (Å²) in [4.78, 5) is 19.9. The van der Waals surface area contributed by atoms with Gasteiger partial charge in [0.25, 0.3) is 0 Å². The van der Waals surface area contributed by atoms with Crippen molar-refractivity contribution in [3.63, 3.8) is 0 Å². The number of piperidine rings is 1. The predicted octanol–water partition coefficient (Wildman–Crippen LogP) is 4.33. The Labute approximate surface area is 190 Å². The number of benzene rings is 2. The highest BCUT2D eigenvalue weighted by atomic mass is 16.5. The molecule has 2 heterocycles. The Kier molecular flexibility index (Phi) is 6.86. The molecule has 5 nitrogen and oxygen atoms in total. The number of carbonyl (C=O) groups excluding carboxylic acids is 1. The number of methoxy groups -OCH3 is 1. The highest BCUT2D eigenvalue weighted by Gasteiger charge is 2.41. The first kappa shape index (κ1) is 22.0. The number of hydrogen-bond donors (Lipinski definition) is 1. The van der Waals surface area contributed by atoms with Gasteiger partial charge in [-0.15, -0.1) is 0 Å². The maximum absolute atomic E-state index is 13.1. The summed E-state index contributed by atoms with van der Waals surface area (Å²) in [6, 6.07) is 22.7. The molecule has 4 rings (SSSR count). The maximum Gasteiger partial charge on any atom is 0.227 e. The molecule has 0 unspecified atom stereocenters. The lowest BCUT2D eigenvalue weighted by Gasteiger charge is -2.41. The molecule has 32 heavy (non-hydrogen) atoms. The van der Waals surface area contributed by atoms with Crippen molar-refractivity contribution in [3.8, 4) is 16.9 Å². The van der Waals surface area contributed by atoms with Gasteiger partial charge in [-0.3, -0.25) is 14.7 Å². The fourth-order valence-corrected chi connectivity index (χ4v) is 4.75. The van der Waals surface area contributed by atoms with E-state index >= 15 is 0 Å². The first-order valence-corrected chi connectivity index (χ1v) is 11.2. The van der Waals surface area contributed by atoms with Crippen LogP contribution in [0, 0.1) is 5.41 Å². The summed E-state index contributed by atoms with van der Waals surface area (Å²) in [5.74, 6) is 0.980. The highest BCUT2D eigenvalue weighted by molar-refractivity contribution is 5.83. The molecule has 5 heteroatoms. The van der Waals surface area contributed by atoms with Gasteiger partial charge in [-0.2, -0.15) is 0 Å². The molecule has 1 N–H and O–H groups in total. The summed E-state index contributed by atoms with van der Waals surface area (Å²) in [7, 11) is 3.42. The van der Waals surface area contributed by atoms with E-state index in [2.05, 4.69) is 51.6 Å². The zero-order valence-corrected chi connectivity index (χ0v) is 18.9. The molecule has 1 fully saturated rings. The number of pyridine rings is 1. The van der Waals surface area contributed by atoms with Crippen molar-refractivity contribution < 1.29 is 9.53 Å². The highest BCUT2D eigenvalue weighted by Crippen LogP contribution is 2.35. The monoisotopic (exact) mass is 429 g/mol. The molecule has 1 aromatic heterocycles. The average molecular weight is 430 g/mol. The second-order valence-electron chi connectivity index (χ2n) is 8.60. The molecule has 1 aliphatic rings. The Bertz CT molecular complexity index is 1020. The number of hydrogen-bond acceptors (Lipinski definition) is 4. The summed E-state index contributed by atoms with van der Waals surface area (Å²) < 4.78 is 5.25. The van der Waals surface area contributed by atoms with Crippen LogP contribution in [0.5, 0.6) is 5.75 Å². The SMILES string of the molecule is CNC(=O)[C@]1(Cc2ccc(-c3ccc(OC)cc3)cc2)CCCN(Cc2ccccn2)C1. The van der Waals surface area contributed by atoms with Gasteiger partial charge in [-0.1, -0.05) is 42.5 Å². The lowest BCUT2D eigenvalue weighted by molar-refractivity contribution is -0.134. The molecule has 0 bridgehead atoms. The molecule has 0 spiro atoms. The fraction of sp³-hybridized carbons (Fsp3) is 0.333. The van der Waals surface area contributed by atoms with Gasteiger partial charge in [0, 0.05) is 26.3 Å². The normalized spacial score (nSPS) is 18.8. The van der Waals surface area contributed by atoms with Crippen LogP contribution in [0.15, 0.2) is 72.9 Å². The van der Waals surface area contributed by atoms with Gasteiger partial charge in [0.1, 0.15) is 5.75 Å². The fourth-order valence-electron chi connectivity index (χ4n) is 4.75. The van der Waals surface area contributed by atoms with E-state index in [0.717, 1.165) is 61.5 Å². The Morgan fingerprint density at radius 3 is 2.41 bits per heavy atom. The number of rotatable bonds is 7. The number of nitrogens with zero attached hydrogens (tertiary/aromatic N) is 2. The van der Waals surface area contributed by atoms with E-state index in [-0.39, 0.29) is 5.91 Å². The summed E-state index contributed by atoms with van der Waals surface area (Å²) in [6.07, 6.45) is 4.46. The predicted molar refractivity (Wildman–Crippen MR) is 127 cm³/mol. The van der Waals surface area contributed by atoms with Crippen LogP contribution in [0.25, 0.3) is 11.1 Å². The van der Waals surface area contributed by atoms with E-state index in [1.807, 2.05) is 36.5 Å². The van der Waals surface area contributed by atoms with Gasteiger partial charge in [0.05, 0.1) is 18.2 Å². The third kappa shape index (κ3) is 5.00. The number of aromatic nitrogens is 1. The molecule has 0 saturated carbocycles. The minimum Gasteiger partial charge on any atom is -0.497 e. The minimum absolute atomic E-state index is 0.127. The van der Waals surface area contributed by atoms with Crippen LogP contribution in [0.4, 0.5) is 0 Å². The summed E-state index contributed by atoms with van der Waals surface area (Å²) in [5, 5.41) is 2.94. The minimum atomic E-state index is -0.427. The van der Waals surface area contributed by atoms with Crippen molar-refractivity contribution in [3.05, 3.63) is 84.2 Å². The second-order valence-corrected chi connectivity index (χ2v) is 8.60. The number of carbonyl (C=O) groups is 1. The third-order valence-electron chi connectivity index (χ3n) is 6.40. The van der Waals surface area contributed by atoms with Crippen molar-refractivity contribution >= 4 is 5.91 Å². The Balaban J connectivity index is 1.51. The van der Waals surface area contributed by atoms with Gasteiger partial charge >= 0.3 is 0 Å². The van der Waals surface area contributed by atoms with Gasteiger partial charge < -0.3 is 10.1 Å². The molecule has 0 aliphatic carbocycles. The number of likely N-dealkylation sites (tertiary alicyclic amines) is 1. The Hall–Kier alpha value is -3.18. The molecule has 1 aliphatic heterocycles. The molecule has 166 valence electrons. The van der Waals surface area contributed by atoms with Crippen molar-refractivity contribution in [1.82, 2.24) is 15.2 Å². The molecular formula is C27H31N3O2. The van der Waals surface area contributed by atoms with Crippen molar-refractivity contribution in [2.75, 3.05) is 27.2 Å². The van der Waals surface area contributed by atoms with E-state index < -0.39 is 5.41 Å². The van der Waals surface area contributed by atoms with Crippen LogP contribution in [0.1, 0.15) is 24.1 Å². The van der Waals surface area contributed by atoms with Crippen molar-refractivity contribution in [2.24, 2.45) is 5.41 Å². The maximum atomic E-state index is 13.1. The lowest BCUT2D eigenvalue weighted by Crippen LogP contribution is -2.52. The van der Waals surface area contributed by atoms with Crippen LogP contribution < -0.4 is 10.1 Å². The average Bonchev–Trinajstić information content (AvgIpc) is 2.85. The molecule has 1 atom stereocenters. The topological polar surface area (TPSA) is 54.5 Å². The second kappa shape index (κ2) is 9.96.